The van der Waals surface area contributed by atoms with Gasteiger partial charge in [0.25, 0.3) is 0 Å². The highest BCUT2D eigenvalue weighted by Crippen LogP contribution is 2.32. The van der Waals surface area contributed by atoms with E-state index in [1.54, 1.807) is 0 Å². The van der Waals surface area contributed by atoms with Gasteiger partial charge in [0.15, 0.2) is 0 Å². The van der Waals surface area contributed by atoms with Gasteiger partial charge in [-0.05, 0) is 19.1 Å². The van der Waals surface area contributed by atoms with Gasteiger partial charge in [0.05, 0.1) is 20.1 Å². The number of methoxy groups -OCH3 is 1. The monoisotopic (exact) mass is 296 g/mol. The predicted octanol–water partition coefficient (Wildman–Crippen LogP) is 2.81. The van der Waals surface area contributed by atoms with Crippen LogP contribution in [0.3, 0.4) is 0 Å². The molecule has 2 N–H and O–H groups in total. The zero-order valence-electron chi connectivity index (χ0n) is 12.9. The van der Waals surface area contributed by atoms with Crippen molar-refractivity contribution in [2.45, 2.75) is 19.4 Å². The average molecular weight is 296 g/mol. The number of rotatable bonds is 5. The molecule has 4 nitrogen and oxygen atoms in total. The molecule has 0 spiro atoms. The fraction of sp³-hybridized carbons (Fsp3) is 0.278. The predicted molar refractivity (Wildman–Crippen MR) is 90.6 cm³/mol. The minimum Gasteiger partial charge on any atom is -0.469 e. The third-order valence-electron chi connectivity index (χ3n) is 3.73. The fourth-order valence-corrected chi connectivity index (χ4v) is 2.57. The van der Waals surface area contributed by atoms with Crippen molar-refractivity contribution >= 4 is 28.1 Å². The molecule has 0 bridgehead atoms. The van der Waals surface area contributed by atoms with Gasteiger partial charge in [0.1, 0.15) is 0 Å². The van der Waals surface area contributed by atoms with E-state index in [1.807, 2.05) is 48.2 Å². The number of carbonyl (C=O) groups is 1. The van der Waals surface area contributed by atoms with Gasteiger partial charge >= 0.3 is 5.97 Å². The number of fused-ring (bicyclic) bond motifs is 1. The van der Waals surface area contributed by atoms with Crippen molar-refractivity contribution in [1.82, 2.24) is 0 Å². The molecule has 0 amide bonds. The molecule has 0 saturated carbocycles. The van der Waals surface area contributed by atoms with Crippen LogP contribution in [-0.4, -0.2) is 25.7 Å². The van der Waals surface area contributed by atoms with E-state index < -0.39 is 0 Å². The summed E-state index contributed by atoms with van der Waals surface area (Å²) < 4.78 is 4.75. The average Bonchev–Trinajstić information content (AvgIpc) is 2.53. The molecule has 0 fully saturated rings. The van der Waals surface area contributed by atoms with E-state index in [0.29, 0.717) is 6.54 Å². The van der Waals surface area contributed by atoms with Crippen LogP contribution in [0.25, 0.3) is 10.8 Å². The zero-order valence-corrected chi connectivity index (χ0v) is 12.9. The highest BCUT2D eigenvalue weighted by atomic mass is 16.5. The minimum atomic E-state index is -0.255. The Morgan fingerprint density at radius 3 is 2.64 bits per heavy atom. The topological polar surface area (TPSA) is 55.6 Å². The minimum absolute atomic E-state index is 0.0736. The standard InChI is InChI=1S/C18H20N2O2/c1-4-11-20(13(2)12-18(21)22-3)17-10-9-16(19)14-7-5-6-8-15(14)17/h1,5-10,13H,11-12,19H2,2-3H3. The highest BCUT2D eigenvalue weighted by molar-refractivity contribution is 6.01. The number of nitrogen functional groups attached to an aromatic ring is 1. The van der Waals surface area contributed by atoms with Crippen molar-refractivity contribution in [3.05, 3.63) is 36.4 Å². The molecule has 4 heteroatoms. The molecule has 0 heterocycles. The Labute approximate surface area is 130 Å². The maximum Gasteiger partial charge on any atom is 0.307 e. The van der Waals surface area contributed by atoms with Crippen LogP contribution in [0.2, 0.25) is 0 Å². The van der Waals surface area contributed by atoms with Crippen molar-refractivity contribution in [2.75, 3.05) is 24.3 Å². The maximum atomic E-state index is 11.6. The smallest absolute Gasteiger partial charge is 0.307 e. The number of anilines is 2. The third-order valence-corrected chi connectivity index (χ3v) is 3.73. The molecule has 1 unspecified atom stereocenters. The molecule has 2 aromatic carbocycles. The first-order valence-corrected chi connectivity index (χ1v) is 7.12. The summed E-state index contributed by atoms with van der Waals surface area (Å²) in [4.78, 5) is 13.6. The van der Waals surface area contributed by atoms with E-state index in [0.717, 1.165) is 22.1 Å². The molecular weight excluding hydrogens is 276 g/mol. The summed E-state index contributed by atoms with van der Waals surface area (Å²) in [6, 6.07) is 11.6. The second-order valence-electron chi connectivity index (χ2n) is 5.18. The number of terminal acetylenes is 1. The maximum absolute atomic E-state index is 11.6. The lowest BCUT2D eigenvalue weighted by atomic mass is 10.0. The molecule has 0 aliphatic heterocycles. The van der Waals surface area contributed by atoms with Crippen LogP contribution in [0.1, 0.15) is 13.3 Å². The van der Waals surface area contributed by atoms with Gasteiger partial charge in [0, 0.05) is 28.2 Å². The van der Waals surface area contributed by atoms with Gasteiger partial charge < -0.3 is 15.4 Å². The van der Waals surface area contributed by atoms with Crippen molar-refractivity contribution < 1.29 is 9.53 Å². The molecule has 2 rings (SSSR count). The molecular formula is C18H20N2O2. The van der Waals surface area contributed by atoms with E-state index in [4.69, 9.17) is 16.9 Å². The van der Waals surface area contributed by atoms with Crippen LogP contribution < -0.4 is 10.6 Å². The van der Waals surface area contributed by atoms with Gasteiger partial charge in [-0.1, -0.05) is 30.2 Å². The fourth-order valence-electron chi connectivity index (χ4n) is 2.57. The number of ether oxygens (including phenoxy) is 1. The van der Waals surface area contributed by atoms with Gasteiger partial charge in [-0.25, -0.2) is 0 Å². The van der Waals surface area contributed by atoms with Crippen LogP contribution in [0.15, 0.2) is 36.4 Å². The van der Waals surface area contributed by atoms with Crippen LogP contribution >= 0.6 is 0 Å². The van der Waals surface area contributed by atoms with Crippen molar-refractivity contribution in [3.63, 3.8) is 0 Å². The normalized spacial score (nSPS) is 11.7. The Bertz CT molecular complexity index is 719. The second kappa shape index (κ2) is 6.86. The second-order valence-corrected chi connectivity index (χ2v) is 5.18. The summed E-state index contributed by atoms with van der Waals surface area (Å²) in [6.07, 6.45) is 5.78. The van der Waals surface area contributed by atoms with Crippen LogP contribution in [0, 0.1) is 12.3 Å². The first kappa shape index (κ1) is 15.7. The molecule has 2 aromatic rings. The lowest BCUT2D eigenvalue weighted by Gasteiger charge is -2.30. The number of carbonyl (C=O) groups excluding carboxylic acids is 1. The van der Waals surface area contributed by atoms with Crippen LogP contribution in [0.5, 0.6) is 0 Å². The molecule has 0 aliphatic rings. The van der Waals surface area contributed by atoms with Crippen LogP contribution in [-0.2, 0) is 9.53 Å². The molecule has 1 atom stereocenters. The van der Waals surface area contributed by atoms with E-state index in [2.05, 4.69) is 5.92 Å². The van der Waals surface area contributed by atoms with Gasteiger partial charge in [-0.2, -0.15) is 0 Å². The van der Waals surface area contributed by atoms with Gasteiger partial charge in [-0.15, -0.1) is 6.42 Å². The Hall–Kier alpha value is -2.67. The lowest BCUT2D eigenvalue weighted by molar-refractivity contribution is -0.140. The largest absolute Gasteiger partial charge is 0.469 e. The Morgan fingerprint density at radius 2 is 2.00 bits per heavy atom. The van der Waals surface area contributed by atoms with Crippen molar-refractivity contribution in [2.24, 2.45) is 0 Å². The molecule has 0 aliphatic carbocycles. The highest BCUT2D eigenvalue weighted by Gasteiger charge is 2.19. The number of esters is 1. The first-order valence-electron chi connectivity index (χ1n) is 7.12. The van der Waals surface area contributed by atoms with E-state index in [9.17, 15) is 4.79 Å². The number of hydrogen-bond acceptors (Lipinski definition) is 4. The summed E-state index contributed by atoms with van der Waals surface area (Å²) in [5, 5.41) is 2.00. The molecule has 114 valence electrons. The lowest BCUT2D eigenvalue weighted by Crippen LogP contribution is -2.35. The van der Waals surface area contributed by atoms with E-state index in [1.165, 1.54) is 7.11 Å². The Kier molecular flexibility index (Phi) is 4.90. The number of nitrogens with two attached hydrogens (primary N) is 1. The van der Waals surface area contributed by atoms with Gasteiger partial charge in [-0.3, -0.25) is 4.79 Å². The van der Waals surface area contributed by atoms with E-state index >= 15 is 0 Å². The molecule has 0 saturated heterocycles. The van der Waals surface area contributed by atoms with Crippen molar-refractivity contribution in [1.29, 1.82) is 0 Å². The molecule has 0 radical (unpaired) electrons. The number of hydrogen-bond donors (Lipinski definition) is 1. The summed E-state index contributed by atoms with van der Waals surface area (Å²) >= 11 is 0. The summed E-state index contributed by atoms with van der Waals surface area (Å²) in [5.41, 5.74) is 7.74. The summed E-state index contributed by atoms with van der Waals surface area (Å²) in [6.45, 7) is 2.37. The number of nitrogens with zero attached hydrogens (tertiary/aromatic N) is 1. The summed E-state index contributed by atoms with van der Waals surface area (Å²) in [5.74, 6) is 2.41. The third kappa shape index (κ3) is 3.15. The molecule has 22 heavy (non-hydrogen) atoms. The summed E-state index contributed by atoms with van der Waals surface area (Å²) in [7, 11) is 1.39. The van der Waals surface area contributed by atoms with E-state index in [-0.39, 0.29) is 18.4 Å². The number of benzene rings is 2. The Balaban J connectivity index is 2.47. The van der Waals surface area contributed by atoms with Crippen LogP contribution in [0.4, 0.5) is 11.4 Å². The zero-order chi connectivity index (χ0) is 16.1. The molecule has 0 aromatic heterocycles. The van der Waals surface area contributed by atoms with Gasteiger partial charge in [0.2, 0.25) is 0 Å². The first-order chi connectivity index (χ1) is 10.6. The van der Waals surface area contributed by atoms with Crippen molar-refractivity contribution in [3.8, 4) is 12.3 Å². The SMILES string of the molecule is C#CCN(c1ccc(N)c2ccccc12)C(C)CC(=O)OC. The Morgan fingerprint density at radius 1 is 1.32 bits per heavy atom. The quantitative estimate of drug-likeness (QED) is 0.524.